The van der Waals surface area contributed by atoms with Gasteiger partial charge in [0.1, 0.15) is 5.82 Å². The minimum Gasteiger partial charge on any atom is -0.396 e. The zero-order chi connectivity index (χ0) is 13.6. The third-order valence-corrected chi connectivity index (χ3v) is 3.48. The van der Waals surface area contributed by atoms with E-state index in [0.29, 0.717) is 12.1 Å². The van der Waals surface area contributed by atoms with Crippen LogP contribution in [0.15, 0.2) is 22.7 Å². The molecule has 102 valence electrons. The van der Waals surface area contributed by atoms with Gasteiger partial charge in [-0.25, -0.2) is 4.39 Å². The lowest BCUT2D eigenvalue weighted by molar-refractivity contribution is 0.283. The number of hydrogen-bond donors (Lipinski definition) is 2. The third kappa shape index (κ3) is 4.67. The standard InChI is InChI=1S/C14H21BrFNO/c1-14(2,10-17-7-3-4-8-18)12-9-11(15)5-6-13(12)16/h5-6,9,17-18H,3-4,7-8,10H2,1-2H3. The van der Waals surface area contributed by atoms with E-state index < -0.39 is 0 Å². The fourth-order valence-corrected chi connectivity index (χ4v) is 2.24. The normalized spacial score (nSPS) is 11.8. The van der Waals surface area contributed by atoms with Crippen molar-refractivity contribution < 1.29 is 9.50 Å². The molecule has 1 aromatic rings. The molecule has 0 bridgehead atoms. The van der Waals surface area contributed by atoms with E-state index in [1.54, 1.807) is 6.07 Å². The van der Waals surface area contributed by atoms with Crippen molar-refractivity contribution in [1.29, 1.82) is 0 Å². The van der Waals surface area contributed by atoms with Crippen molar-refractivity contribution in [3.8, 4) is 0 Å². The molecule has 2 nitrogen and oxygen atoms in total. The highest BCUT2D eigenvalue weighted by atomic mass is 79.9. The van der Waals surface area contributed by atoms with E-state index in [1.165, 1.54) is 6.07 Å². The van der Waals surface area contributed by atoms with Crippen molar-refractivity contribution in [2.45, 2.75) is 32.1 Å². The minimum absolute atomic E-state index is 0.166. The van der Waals surface area contributed by atoms with Crippen LogP contribution in [0.3, 0.4) is 0 Å². The third-order valence-electron chi connectivity index (χ3n) is 2.99. The van der Waals surface area contributed by atoms with Crippen molar-refractivity contribution >= 4 is 15.9 Å². The number of nitrogens with one attached hydrogen (secondary N) is 1. The molecule has 0 radical (unpaired) electrons. The number of aliphatic hydroxyl groups excluding tert-OH is 1. The van der Waals surface area contributed by atoms with Gasteiger partial charge in [0.2, 0.25) is 0 Å². The van der Waals surface area contributed by atoms with E-state index in [-0.39, 0.29) is 17.8 Å². The smallest absolute Gasteiger partial charge is 0.127 e. The van der Waals surface area contributed by atoms with Crippen molar-refractivity contribution in [2.24, 2.45) is 0 Å². The van der Waals surface area contributed by atoms with E-state index in [1.807, 2.05) is 19.9 Å². The number of halogens is 2. The Labute approximate surface area is 117 Å². The molecule has 1 aromatic carbocycles. The molecule has 2 N–H and O–H groups in total. The molecule has 0 aromatic heterocycles. The number of benzene rings is 1. The van der Waals surface area contributed by atoms with Crippen molar-refractivity contribution in [1.82, 2.24) is 5.32 Å². The maximum atomic E-state index is 13.8. The van der Waals surface area contributed by atoms with Crippen LogP contribution in [-0.4, -0.2) is 24.8 Å². The van der Waals surface area contributed by atoms with E-state index in [2.05, 4.69) is 21.2 Å². The number of hydrogen-bond acceptors (Lipinski definition) is 2. The largest absolute Gasteiger partial charge is 0.396 e. The quantitative estimate of drug-likeness (QED) is 0.757. The summed E-state index contributed by atoms with van der Waals surface area (Å²) in [6, 6.07) is 5.04. The van der Waals surface area contributed by atoms with Crippen LogP contribution in [0.4, 0.5) is 4.39 Å². The monoisotopic (exact) mass is 317 g/mol. The highest BCUT2D eigenvalue weighted by molar-refractivity contribution is 9.10. The lowest BCUT2D eigenvalue weighted by Gasteiger charge is -2.26. The Kier molecular flexibility index (Phi) is 6.26. The van der Waals surface area contributed by atoms with Gasteiger partial charge in [-0.1, -0.05) is 29.8 Å². The van der Waals surface area contributed by atoms with Crippen LogP contribution in [0.5, 0.6) is 0 Å². The van der Waals surface area contributed by atoms with Crippen molar-refractivity contribution in [2.75, 3.05) is 19.7 Å². The van der Waals surface area contributed by atoms with Gasteiger partial charge >= 0.3 is 0 Å². The molecule has 0 amide bonds. The summed E-state index contributed by atoms with van der Waals surface area (Å²) in [6.45, 7) is 5.84. The summed E-state index contributed by atoms with van der Waals surface area (Å²) in [4.78, 5) is 0. The maximum absolute atomic E-state index is 13.8. The lowest BCUT2D eigenvalue weighted by Crippen LogP contribution is -2.34. The molecule has 0 saturated heterocycles. The number of rotatable bonds is 7. The van der Waals surface area contributed by atoms with Crippen molar-refractivity contribution in [3.63, 3.8) is 0 Å². The second-order valence-corrected chi connectivity index (χ2v) is 6.03. The summed E-state index contributed by atoms with van der Waals surface area (Å²) in [5.41, 5.74) is 0.458. The Hall–Kier alpha value is -0.450. The molecular weight excluding hydrogens is 297 g/mol. The molecule has 0 fully saturated rings. The Bertz CT molecular complexity index is 382. The Morgan fingerprint density at radius 1 is 1.33 bits per heavy atom. The van der Waals surface area contributed by atoms with E-state index in [0.717, 1.165) is 23.9 Å². The van der Waals surface area contributed by atoms with Gasteiger partial charge in [0.05, 0.1) is 0 Å². The molecule has 0 heterocycles. The Balaban J connectivity index is 2.59. The molecule has 18 heavy (non-hydrogen) atoms. The first-order valence-corrected chi connectivity index (χ1v) is 7.04. The molecule has 1 rings (SSSR count). The maximum Gasteiger partial charge on any atom is 0.127 e. The molecule has 0 unspecified atom stereocenters. The molecule has 0 aliphatic rings. The van der Waals surface area contributed by atoms with Crippen LogP contribution in [0.2, 0.25) is 0 Å². The van der Waals surface area contributed by atoms with Crippen LogP contribution in [0, 0.1) is 5.82 Å². The average molecular weight is 318 g/mol. The molecule has 0 saturated carbocycles. The van der Waals surface area contributed by atoms with E-state index in [9.17, 15) is 4.39 Å². The topological polar surface area (TPSA) is 32.3 Å². The van der Waals surface area contributed by atoms with Gasteiger partial charge in [0, 0.05) is 23.0 Å². The second-order valence-electron chi connectivity index (χ2n) is 5.12. The fourth-order valence-electron chi connectivity index (χ4n) is 1.87. The summed E-state index contributed by atoms with van der Waals surface area (Å²) in [5.74, 6) is -0.166. The summed E-state index contributed by atoms with van der Waals surface area (Å²) in [7, 11) is 0. The van der Waals surface area contributed by atoms with Gasteiger partial charge in [0.25, 0.3) is 0 Å². The van der Waals surface area contributed by atoms with Crippen LogP contribution in [0.1, 0.15) is 32.3 Å². The molecule has 0 atom stereocenters. The zero-order valence-corrected chi connectivity index (χ0v) is 12.6. The van der Waals surface area contributed by atoms with Gasteiger partial charge < -0.3 is 10.4 Å². The zero-order valence-electron chi connectivity index (χ0n) is 11.0. The Morgan fingerprint density at radius 3 is 2.72 bits per heavy atom. The van der Waals surface area contributed by atoms with Crippen LogP contribution < -0.4 is 5.32 Å². The van der Waals surface area contributed by atoms with Crippen LogP contribution in [-0.2, 0) is 5.41 Å². The lowest BCUT2D eigenvalue weighted by atomic mass is 9.84. The van der Waals surface area contributed by atoms with Gasteiger partial charge in [-0.3, -0.25) is 0 Å². The number of unbranched alkanes of at least 4 members (excludes halogenated alkanes) is 1. The van der Waals surface area contributed by atoms with Gasteiger partial charge in [-0.05, 0) is 43.1 Å². The number of aliphatic hydroxyl groups is 1. The second kappa shape index (κ2) is 7.22. The summed E-state index contributed by atoms with van der Waals surface area (Å²) >= 11 is 3.38. The molecule has 0 aliphatic heterocycles. The van der Waals surface area contributed by atoms with Crippen LogP contribution >= 0.6 is 15.9 Å². The summed E-state index contributed by atoms with van der Waals surface area (Å²) < 4.78 is 14.7. The molecule has 0 aliphatic carbocycles. The first-order chi connectivity index (χ1) is 8.47. The Morgan fingerprint density at radius 2 is 2.06 bits per heavy atom. The SMILES string of the molecule is CC(C)(CNCCCCO)c1cc(Br)ccc1F. The first-order valence-electron chi connectivity index (χ1n) is 6.24. The van der Waals surface area contributed by atoms with Crippen molar-refractivity contribution in [3.05, 3.63) is 34.1 Å². The molecule has 4 heteroatoms. The first kappa shape index (κ1) is 15.6. The predicted octanol–water partition coefficient (Wildman–Crippen LogP) is 3.23. The highest BCUT2D eigenvalue weighted by Crippen LogP contribution is 2.27. The highest BCUT2D eigenvalue weighted by Gasteiger charge is 2.23. The van der Waals surface area contributed by atoms with E-state index in [4.69, 9.17) is 5.11 Å². The summed E-state index contributed by atoms with van der Waals surface area (Å²) in [6.07, 6.45) is 1.74. The summed E-state index contributed by atoms with van der Waals surface area (Å²) in [5, 5.41) is 12.0. The predicted molar refractivity (Wildman–Crippen MR) is 76.3 cm³/mol. The molecular formula is C14H21BrFNO. The fraction of sp³-hybridized carbons (Fsp3) is 0.571. The van der Waals surface area contributed by atoms with Gasteiger partial charge in [-0.2, -0.15) is 0 Å². The minimum atomic E-state index is -0.257. The molecule has 0 spiro atoms. The van der Waals surface area contributed by atoms with E-state index >= 15 is 0 Å². The average Bonchev–Trinajstić information content (AvgIpc) is 2.32. The van der Waals surface area contributed by atoms with Gasteiger partial charge in [-0.15, -0.1) is 0 Å². The van der Waals surface area contributed by atoms with Gasteiger partial charge in [0.15, 0.2) is 0 Å². The van der Waals surface area contributed by atoms with Crippen LogP contribution in [0.25, 0.3) is 0 Å².